The standard InChI is InChI=1S/C12H18N2O6S/c1-7(6-21(3,18)19)14-12(17)13-5-9-4-10(11(15)16)8(2)20-9/h4,7H,5-6H2,1-3H3,(H,15,16)(H2,13,14,17). The highest BCUT2D eigenvalue weighted by Gasteiger charge is 2.15. The van der Waals surface area contributed by atoms with Crippen LogP contribution in [-0.4, -0.2) is 43.6 Å². The summed E-state index contributed by atoms with van der Waals surface area (Å²) in [6.07, 6.45) is 1.09. The normalized spacial score (nSPS) is 12.7. The van der Waals surface area contributed by atoms with Gasteiger partial charge in [-0.25, -0.2) is 18.0 Å². The molecule has 0 aromatic carbocycles. The number of carbonyl (C=O) groups excluding carboxylic acids is 1. The first-order valence-electron chi connectivity index (χ1n) is 6.13. The predicted molar refractivity (Wildman–Crippen MR) is 74.9 cm³/mol. The largest absolute Gasteiger partial charge is 0.478 e. The Hall–Kier alpha value is -2.03. The molecule has 0 spiro atoms. The van der Waals surface area contributed by atoms with Gasteiger partial charge in [-0.15, -0.1) is 0 Å². The second-order valence-electron chi connectivity index (χ2n) is 4.81. The number of carboxylic acid groups (broad SMARTS) is 1. The number of amides is 2. The number of carboxylic acids is 1. The highest BCUT2D eigenvalue weighted by molar-refractivity contribution is 7.90. The minimum atomic E-state index is -3.17. The Morgan fingerprint density at radius 3 is 2.52 bits per heavy atom. The van der Waals surface area contributed by atoms with Crippen molar-refractivity contribution in [2.45, 2.75) is 26.4 Å². The predicted octanol–water partition coefficient (Wildman–Crippen LogP) is 0.519. The van der Waals surface area contributed by atoms with Gasteiger partial charge in [0.1, 0.15) is 26.9 Å². The SMILES string of the molecule is Cc1oc(CNC(=O)NC(C)CS(C)(=O)=O)cc1C(=O)O. The summed E-state index contributed by atoms with van der Waals surface area (Å²) in [5.74, 6) is -0.710. The molecule has 0 aliphatic carbocycles. The van der Waals surface area contributed by atoms with E-state index >= 15 is 0 Å². The number of nitrogens with one attached hydrogen (secondary N) is 2. The van der Waals surface area contributed by atoms with E-state index in [1.807, 2.05) is 0 Å². The van der Waals surface area contributed by atoms with Gasteiger partial charge in [-0.3, -0.25) is 0 Å². The molecule has 21 heavy (non-hydrogen) atoms. The lowest BCUT2D eigenvalue weighted by atomic mass is 10.2. The van der Waals surface area contributed by atoms with E-state index in [2.05, 4.69) is 10.6 Å². The molecule has 9 heteroatoms. The first-order chi connectivity index (χ1) is 9.58. The summed E-state index contributed by atoms with van der Waals surface area (Å²) in [4.78, 5) is 22.4. The third-order valence-corrected chi connectivity index (χ3v) is 3.66. The summed E-state index contributed by atoms with van der Waals surface area (Å²) >= 11 is 0. The van der Waals surface area contributed by atoms with Gasteiger partial charge >= 0.3 is 12.0 Å². The third-order valence-electron chi connectivity index (χ3n) is 2.55. The average molecular weight is 318 g/mol. The van der Waals surface area contributed by atoms with Crippen LogP contribution in [-0.2, 0) is 16.4 Å². The maximum atomic E-state index is 11.6. The fourth-order valence-corrected chi connectivity index (χ4v) is 2.77. The molecule has 1 heterocycles. The number of sulfone groups is 1. The van der Waals surface area contributed by atoms with E-state index in [1.54, 1.807) is 6.92 Å². The van der Waals surface area contributed by atoms with E-state index in [0.29, 0.717) is 5.76 Å². The summed E-state index contributed by atoms with van der Waals surface area (Å²) in [5.41, 5.74) is 0.0395. The molecule has 1 unspecified atom stereocenters. The van der Waals surface area contributed by atoms with Gasteiger partial charge in [0.2, 0.25) is 0 Å². The number of aromatic carboxylic acids is 1. The summed E-state index contributed by atoms with van der Waals surface area (Å²) in [7, 11) is -3.17. The van der Waals surface area contributed by atoms with Crippen molar-refractivity contribution in [2.75, 3.05) is 12.0 Å². The minimum absolute atomic E-state index is 0.00550. The molecule has 118 valence electrons. The van der Waals surface area contributed by atoms with Crippen molar-refractivity contribution in [3.05, 3.63) is 23.2 Å². The zero-order chi connectivity index (χ0) is 16.2. The van der Waals surface area contributed by atoms with E-state index in [4.69, 9.17) is 9.52 Å². The van der Waals surface area contributed by atoms with Gasteiger partial charge in [-0.2, -0.15) is 0 Å². The van der Waals surface area contributed by atoms with Crippen LogP contribution in [0.15, 0.2) is 10.5 Å². The molecule has 0 aliphatic heterocycles. The molecule has 8 nitrogen and oxygen atoms in total. The zero-order valence-electron chi connectivity index (χ0n) is 12.0. The van der Waals surface area contributed by atoms with Crippen molar-refractivity contribution in [2.24, 2.45) is 0 Å². The van der Waals surface area contributed by atoms with Crippen LogP contribution in [0, 0.1) is 6.92 Å². The van der Waals surface area contributed by atoms with Crippen LogP contribution in [0.4, 0.5) is 4.79 Å². The Labute approximate surface area is 122 Å². The molecule has 1 atom stereocenters. The molecule has 2 amide bonds. The number of carbonyl (C=O) groups is 2. The lowest BCUT2D eigenvalue weighted by Crippen LogP contribution is -2.43. The number of urea groups is 1. The van der Waals surface area contributed by atoms with Crippen molar-refractivity contribution in [1.29, 1.82) is 0 Å². The highest BCUT2D eigenvalue weighted by Crippen LogP contribution is 2.14. The van der Waals surface area contributed by atoms with Gasteiger partial charge in [0, 0.05) is 12.3 Å². The fourth-order valence-electron chi connectivity index (χ4n) is 1.78. The molecule has 0 bridgehead atoms. The van der Waals surface area contributed by atoms with Crippen LogP contribution in [0.5, 0.6) is 0 Å². The maximum absolute atomic E-state index is 11.6. The van der Waals surface area contributed by atoms with Crippen molar-refractivity contribution in [3.8, 4) is 0 Å². The van der Waals surface area contributed by atoms with Gasteiger partial charge in [-0.1, -0.05) is 0 Å². The summed E-state index contributed by atoms with van der Waals surface area (Å²) in [6.45, 7) is 3.09. The number of aryl methyl sites for hydroxylation is 1. The van der Waals surface area contributed by atoms with E-state index in [-0.39, 0.29) is 23.6 Å². The Morgan fingerprint density at radius 2 is 2.05 bits per heavy atom. The van der Waals surface area contributed by atoms with Crippen molar-refractivity contribution in [1.82, 2.24) is 10.6 Å². The number of hydrogen-bond donors (Lipinski definition) is 3. The number of rotatable bonds is 6. The van der Waals surface area contributed by atoms with Crippen LogP contribution >= 0.6 is 0 Å². The first kappa shape index (κ1) is 17.0. The van der Waals surface area contributed by atoms with Gasteiger partial charge in [0.05, 0.1) is 12.3 Å². The first-order valence-corrected chi connectivity index (χ1v) is 8.19. The molecular formula is C12H18N2O6S. The van der Waals surface area contributed by atoms with E-state index in [9.17, 15) is 18.0 Å². The molecule has 0 aliphatic rings. The Morgan fingerprint density at radius 1 is 1.43 bits per heavy atom. The van der Waals surface area contributed by atoms with Crippen LogP contribution in [0.25, 0.3) is 0 Å². The van der Waals surface area contributed by atoms with Gasteiger partial charge in [0.25, 0.3) is 0 Å². The molecule has 0 radical (unpaired) electrons. The molecule has 0 fully saturated rings. The summed E-state index contributed by atoms with van der Waals surface area (Å²) in [5, 5.41) is 13.8. The molecule has 3 N–H and O–H groups in total. The average Bonchev–Trinajstić information content (AvgIpc) is 2.65. The lowest BCUT2D eigenvalue weighted by Gasteiger charge is -2.13. The van der Waals surface area contributed by atoms with Crippen molar-refractivity contribution < 1.29 is 27.5 Å². The molecule has 0 saturated carbocycles. The highest BCUT2D eigenvalue weighted by atomic mass is 32.2. The minimum Gasteiger partial charge on any atom is -0.478 e. The van der Waals surface area contributed by atoms with Crippen LogP contribution in [0.2, 0.25) is 0 Å². The molecule has 1 aromatic heterocycles. The number of furan rings is 1. The zero-order valence-corrected chi connectivity index (χ0v) is 12.8. The van der Waals surface area contributed by atoms with E-state index in [1.165, 1.54) is 13.0 Å². The second-order valence-corrected chi connectivity index (χ2v) is 6.99. The summed E-state index contributed by atoms with van der Waals surface area (Å²) < 4.78 is 27.3. The summed E-state index contributed by atoms with van der Waals surface area (Å²) in [6, 6.07) is 0.239. The Bertz CT molecular complexity index is 634. The van der Waals surface area contributed by atoms with Crippen LogP contribution in [0.3, 0.4) is 0 Å². The topological polar surface area (TPSA) is 126 Å². The molecular weight excluding hydrogens is 300 g/mol. The van der Waals surface area contributed by atoms with Gasteiger partial charge < -0.3 is 20.2 Å². The van der Waals surface area contributed by atoms with Gasteiger partial charge in [-0.05, 0) is 19.9 Å². The van der Waals surface area contributed by atoms with Crippen LogP contribution in [0.1, 0.15) is 28.8 Å². The Balaban J connectivity index is 2.50. The maximum Gasteiger partial charge on any atom is 0.339 e. The quantitative estimate of drug-likeness (QED) is 0.702. The third kappa shape index (κ3) is 5.86. The Kier molecular flexibility index (Phi) is 5.36. The molecule has 1 rings (SSSR count). The van der Waals surface area contributed by atoms with Gasteiger partial charge in [0.15, 0.2) is 0 Å². The second kappa shape index (κ2) is 6.61. The smallest absolute Gasteiger partial charge is 0.339 e. The van der Waals surface area contributed by atoms with E-state index in [0.717, 1.165) is 6.26 Å². The van der Waals surface area contributed by atoms with Crippen molar-refractivity contribution >= 4 is 21.8 Å². The molecule has 0 saturated heterocycles. The van der Waals surface area contributed by atoms with Crippen LogP contribution < -0.4 is 10.6 Å². The molecule has 1 aromatic rings. The van der Waals surface area contributed by atoms with Crippen molar-refractivity contribution in [3.63, 3.8) is 0 Å². The monoisotopic (exact) mass is 318 g/mol. The lowest BCUT2D eigenvalue weighted by molar-refractivity contribution is 0.0695. The van der Waals surface area contributed by atoms with E-state index < -0.39 is 27.9 Å². The fraction of sp³-hybridized carbons (Fsp3) is 0.500. The number of hydrogen-bond acceptors (Lipinski definition) is 5.